The molecule has 126 valence electrons. The molecular formula is C19H19N5O. The Hall–Kier alpha value is -2.99. The highest BCUT2D eigenvalue weighted by Gasteiger charge is 2.33. The van der Waals surface area contributed by atoms with Crippen LogP contribution in [0.1, 0.15) is 17.3 Å². The van der Waals surface area contributed by atoms with E-state index in [0.717, 1.165) is 16.8 Å². The third-order valence-electron chi connectivity index (χ3n) is 4.34. The third-order valence-corrected chi connectivity index (χ3v) is 4.34. The van der Waals surface area contributed by atoms with E-state index in [4.69, 9.17) is 0 Å². The highest BCUT2D eigenvalue weighted by Crippen LogP contribution is 2.31. The minimum absolute atomic E-state index is 0.0328. The molecule has 1 aromatic carbocycles. The van der Waals surface area contributed by atoms with Crippen LogP contribution in [0.25, 0.3) is 11.3 Å². The van der Waals surface area contributed by atoms with Gasteiger partial charge in [0.1, 0.15) is 6.17 Å². The number of aromatic nitrogens is 3. The first-order chi connectivity index (χ1) is 12.2. The minimum Gasteiger partial charge on any atom is -0.335 e. The molecule has 0 spiro atoms. The summed E-state index contributed by atoms with van der Waals surface area (Å²) in [5.74, 6) is 0.0328. The molecule has 0 aliphatic carbocycles. The zero-order valence-electron chi connectivity index (χ0n) is 14.0. The standard InChI is InChI=1S/C19H19N5O/c1-23-12-16(18(22-23)15-7-9-20-10-8-15)19-21-17(25)13-24(19)11-14-5-3-2-4-6-14/h2-10,12,19H,11,13H2,1H3,(H,21,25)/t19-/m1/s1. The molecule has 1 amide bonds. The van der Waals surface area contributed by atoms with Gasteiger partial charge in [0.25, 0.3) is 0 Å². The van der Waals surface area contributed by atoms with Crippen LogP contribution in [-0.2, 0) is 18.4 Å². The number of pyridine rings is 1. The number of aryl methyl sites for hydroxylation is 1. The van der Waals surface area contributed by atoms with Crippen LogP contribution in [0.2, 0.25) is 0 Å². The molecule has 0 saturated carbocycles. The summed E-state index contributed by atoms with van der Waals surface area (Å²) in [7, 11) is 1.90. The summed E-state index contributed by atoms with van der Waals surface area (Å²) >= 11 is 0. The molecule has 0 unspecified atom stereocenters. The summed E-state index contributed by atoms with van der Waals surface area (Å²) in [6, 6.07) is 14.1. The number of rotatable bonds is 4. The lowest BCUT2D eigenvalue weighted by Crippen LogP contribution is -2.27. The van der Waals surface area contributed by atoms with Gasteiger partial charge in [0, 0.05) is 43.3 Å². The number of carbonyl (C=O) groups is 1. The Morgan fingerprint density at radius 3 is 2.68 bits per heavy atom. The van der Waals surface area contributed by atoms with Crippen molar-refractivity contribution in [3.63, 3.8) is 0 Å². The summed E-state index contributed by atoms with van der Waals surface area (Å²) in [6.45, 7) is 1.08. The Labute approximate surface area is 146 Å². The fourth-order valence-corrected chi connectivity index (χ4v) is 3.25. The number of hydrogen-bond donors (Lipinski definition) is 1. The lowest BCUT2D eigenvalue weighted by atomic mass is 10.1. The molecule has 6 heteroatoms. The van der Waals surface area contributed by atoms with Crippen molar-refractivity contribution in [3.05, 3.63) is 72.2 Å². The van der Waals surface area contributed by atoms with E-state index in [2.05, 4.69) is 32.4 Å². The molecule has 0 bridgehead atoms. The van der Waals surface area contributed by atoms with Crippen LogP contribution in [0.15, 0.2) is 61.1 Å². The zero-order chi connectivity index (χ0) is 17.2. The summed E-state index contributed by atoms with van der Waals surface area (Å²) in [4.78, 5) is 18.3. The first-order valence-corrected chi connectivity index (χ1v) is 8.22. The Balaban J connectivity index is 1.69. The highest BCUT2D eigenvalue weighted by atomic mass is 16.2. The van der Waals surface area contributed by atoms with Crippen molar-refractivity contribution in [3.8, 4) is 11.3 Å². The van der Waals surface area contributed by atoms with Gasteiger partial charge in [-0.15, -0.1) is 0 Å². The minimum atomic E-state index is -0.190. The molecule has 25 heavy (non-hydrogen) atoms. The van der Waals surface area contributed by atoms with E-state index in [-0.39, 0.29) is 12.1 Å². The van der Waals surface area contributed by atoms with Gasteiger partial charge in [-0.1, -0.05) is 30.3 Å². The fraction of sp³-hybridized carbons (Fsp3) is 0.211. The smallest absolute Gasteiger partial charge is 0.235 e. The second-order valence-corrected chi connectivity index (χ2v) is 6.20. The molecule has 3 aromatic rings. The second kappa shape index (κ2) is 6.49. The Morgan fingerprint density at radius 2 is 1.92 bits per heavy atom. The molecule has 3 heterocycles. The maximum Gasteiger partial charge on any atom is 0.235 e. The van der Waals surface area contributed by atoms with Crippen molar-refractivity contribution >= 4 is 5.91 Å². The molecule has 6 nitrogen and oxygen atoms in total. The van der Waals surface area contributed by atoms with Gasteiger partial charge in [0.05, 0.1) is 12.2 Å². The Kier molecular flexibility index (Phi) is 4.03. The third kappa shape index (κ3) is 3.16. The molecule has 2 aromatic heterocycles. The van der Waals surface area contributed by atoms with Crippen LogP contribution in [0.5, 0.6) is 0 Å². The normalized spacial score (nSPS) is 17.6. The number of amides is 1. The SMILES string of the molecule is Cn1cc([C@@H]2NC(=O)CN2Cc2ccccc2)c(-c2ccncc2)n1. The molecular weight excluding hydrogens is 314 g/mol. The van der Waals surface area contributed by atoms with Crippen molar-refractivity contribution in [2.24, 2.45) is 7.05 Å². The number of nitrogens with one attached hydrogen (secondary N) is 1. The van der Waals surface area contributed by atoms with Gasteiger partial charge >= 0.3 is 0 Å². The number of hydrogen-bond acceptors (Lipinski definition) is 4. The van der Waals surface area contributed by atoms with Gasteiger partial charge < -0.3 is 5.32 Å². The maximum absolute atomic E-state index is 12.1. The largest absolute Gasteiger partial charge is 0.335 e. The number of benzene rings is 1. The summed E-state index contributed by atoms with van der Waals surface area (Å²) < 4.78 is 1.79. The van der Waals surface area contributed by atoms with Gasteiger partial charge in [-0.25, -0.2) is 0 Å². The van der Waals surface area contributed by atoms with E-state index in [0.29, 0.717) is 13.1 Å². The average Bonchev–Trinajstić information content (AvgIpc) is 3.19. The van der Waals surface area contributed by atoms with E-state index >= 15 is 0 Å². The van der Waals surface area contributed by atoms with Crippen LogP contribution in [0.4, 0.5) is 0 Å². The summed E-state index contributed by atoms with van der Waals surface area (Å²) in [5.41, 5.74) is 4.04. The predicted octanol–water partition coefficient (Wildman–Crippen LogP) is 2.11. The van der Waals surface area contributed by atoms with Crippen molar-refractivity contribution in [2.75, 3.05) is 6.54 Å². The van der Waals surface area contributed by atoms with Crippen LogP contribution in [0.3, 0.4) is 0 Å². The summed E-state index contributed by atoms with van der Waals surface area (Å²) in [6.07, 6.45) is 5.29. The van der Waals surface area contributed by atoms with Gasteiger partial charge in [-0.05, 0) is 17.7 Å². The van der Waals surface area contributed by atoms with E-state index in [9.17, 15) is 4.79 Å². The molecule has 1 N–H and O–H groups in total. The van der Waals surface area contributed by atoms with Crippen LogP contribution < -0.4 is 5.32 Å². The van der Waals surface area contributed by atoms with E-state index < -0.39 is 0 Å². The lowest BCUT2D eigenvalue weighted by molar-refractivity contribution is -0.118. The highest BCUT2D eigenvalue weighted by molar-refractivity contribution is 5.81. The van der Waals surface area contributed by atoms with Gasteiger partial charge in [-0.2, -0.15) is 5.10 Å². The zero-order valence-corrected chi connectivity index (χ0v) is 14.0. The molecule has 1 aliphatic rings. The van der Waals surface area contributed by atoms with Crippen LogP contribution in [-0.4, -0.2) is 32.1 Å². The number of carbonyl (C=O) groups excluding carboxylic acids is 1. The van der Waals surface area contributed by atoms with Gasteiger partial charge in [-0.3, -0.25) is 19.4 Å². The molecule has 1 aliphatic heterocycles. The van der Waals surface area contributed by atoms with Crippen LogP contribution in [0, 0.1) is 0 Å². The molecule has 1 atom stereocenters. The maximum atomic E-state index is 12.1. The number of nitrogens with zero attached hydrogens (tertiary/aromatic N) is 4. The van der Waals surface area contributed by atoms with Gasteiger partial charge in [0.15, 0.2) is 0 Å². The van der Waals surface area contributed by atoms with E-state index in [1.807, 2.05) is 43.6 Å². The first-order valence-electron chi connectivity index (χ1n) is 8.22. The Bertz CT molecular complexity index is 875. The quantitative estimate of drug-likeness (QED) is 0.794. The van der Waals surface area contributed by atoms with Crippen molar-refractivity contribution in [2.45, 2.75) is 12.7 Å². The van der Waals surface area contributed by atoms with Crippen molar-refractivity contribution in [1.82, 2.24) is 25.0 Å². The fourth-order valence-electron chi connectivity index (χ4n) is 3.25. The average molecular weight is 333 g/mol. The Morgan fingerprint density at radius 1 is 1.16 bits per heavy atom. The monoisotopic (exact) mass is 333 g/mol. The van der Waals surface area contributed by atoms with Crippen LogP contribution >= 0.6 is 0 Å². The molecule has 1 fully saturated rings. The molecule has 4 rings (SSSR count). The second-order valence-electron chi connectivity index (χ2n) is 6.20. The van der Waals surface area contributed by atoms with E-state index in [1.165, 1.54) is 5.56 Å². The molecule has 0 radical (unpaired) electrons. The van der Waals surface area contributed by atoms with Crippen molar-refractivity contribution in [1.29, 1.82) is 0 Å². The van der Waals surface area contributed by atoms with Gasteiger partial charge in [0.2, 0.25) is 5.91 Å². The van der Waals surface area contributed by atoms with Crippen molar-refractivity contribution < 1.29 is 4.79 Å². The predicted molar refractivity (Wildman–Crippen MR) is 94.2 cm³/mol. The first kappa shape index (κ1) is 15.5. The molecule has 1 saturated heterocycles. The summed E-state index contributed by atoms with van der Waals surface area (Å²) in [5, 5.41) is 7.68. The topological polar surface area (TPSA) is 63.1 Å². The van der Waals surface area contributed by atoms with E-state index in [1.54, 1.807) is 17.1 Å². The lowest BCUT2D eigenvalue weighted by Gasteiger charge is -2.23.